The molecule has 1 amide bonds. The highest BCUT2D eigenvalue weighted by molar-refractivity contribution is 7.99. The van der Waals surface area contributed by atoms with Crippen LogP contribution in [0.25, 0.3) is 0 Å². The summed E-state index contributed by atoms with van der Waals surface area (Å²) >= 11 is 8.87. The molecule has 0 unspecified atom stereocenters. The number of thioether (sulfide) groups is 1. The van der Waals surface area contributed by atoms with E-state index in [4.69, 9.17) is 21.1 Å². The smallest absolute Gasteiger partial charge is 0.341 e. The lowest BCUT2D eigenvalue weighted by molar-refractivity contribution is -0.113. The van der Waals surface area contributed by atoms with Gasteiger partial charge in [0.15, 0.2) is 5.16 Å². The van der Waals surface area contributed by atoms with Gasteiger partial charge in [-0.15, -0.1) is 21.5 Å². The van der Waals surface area contributed by atoms with Gasteiger partial charge in [0.05, 0.1) is 25.0 Å². The van der Waals surface area contributed by atoms with Crippen molar-refractivity contribution in [3.63, 3.8) is 0 Å². The molecule has 3 aromatic rings. The molecule has 0 fully saturated rings. The number of amides is 1. The van der Waals surface area contributed by atoms with Crippen molar-refractivity contribution in [2.24, 2.45) is 0 Å². The van der Waals surface area contributed by atoms with Gasteiger partial charge >= 0.3 is 5.97 Å². The third-order valence-electron chi connectivity index (χ3n) is 6.70. The number of hydrogen-bond acceptors (Lipinski definition) is 8. The topological polar surface area (TPSA) is 95.3 Å². The summed E-state index contributed by atoms with van der Waals surface area (Å²) in [6.07, 6.45) is 7.75. The number of fused-ring (bicyclic) bond motifs is 1. The fourth-order valence-corrected chi connectivity index (χ4v) is 7.08. The van der Waals surface area contributed by atoms with Crippen molar-refractivity contribution in [3.05, 3.63) is 50.6 Å². The van der Waals surface area contributed by atoms with E-state index in [1.165, 1.54) is 41.5 Å². The number of benzene rings is 1. The van der Waals surface area contributed by atoms with Gasteiger partial charge in [-0.3, -0.25) is 4.79 Å². The number of aromatic nitrogens is 3. The van der Waals surface area contributed by atoms with Crippen LogP contribution in [0.1, 0.15) is 71.2 Å². The number of carbonyl (C=O) groups excluding carboxylic acids is 2. The average Bonchev–Trinajstić information content (AvgIpc) is 3.45. The third kappa shape index (κ3) is 7.55. The Hall–Kier alpha value is -2.56. The van der Waals surface area contributed by atoms with Crippen LogP contribution in [0.5, 0.6) is 5.75 Å². The van der Waals surface area contributed by atoms with Gasteiger partial charge in [-0.1, -0.05) is 36.2 Å². The Morgan fingerprint density at radius 1 is 1.18 bits per heavy atom. The van der Waals surface area contributed by atoms with Gasteiger partial charge in [-0.25, -0.2) is 4.79 Å². The first-order valence-corrected chi connectivity index (χ1v) is 15.6. The molecule has 0 spiro atoms. The molecule has 0 bridgehead atoms. The molecule has 8 nitrogen and oxygen atoms in total. The molecule has 1 aliphatic carbocycles. The Labute approximate surface area is 242 Å². The number of esters is 1. The molecule has 1 aliphatic rings. The number of anilines is 1. The number of thiophene rings is 1. The number of carbonyl (C=O) groups is 2. The first kappa shape index (κ1) is 29.4. The molecule has 0 saturated heterocycles. The molecule has 39 heavy (non-hydrogen) atoms. The Kier molecular flexibility index (Phi) is 10.7. The molecule has 4 rings (SSSR count). The number of rotatable bonds is 11. The Morgan fingerprint density at radius 2 is 1.97 bits per heavy atom. The van der Waals surface area contributed by atoms with Gasteiger partial charge < -0.3 is 19.4 Å². The van der Waals surface area contributed by atoms with E-state index in [2.05, 4.69) is 15.5 Å². The fraction of sp³-hybridized carbons (Fsp3) is 0.500. The minimum Gasteiger partial charge on any atom is -0.493 e. The second-order valence-electron chi connectivity index (χ2n) is 9.46. The number of halogens is 1. The molecule has 0 atom stereocenters. The van der Waals surface area contributed by atoms with Crippen molar-refractivity contribution >= 4 is 51.6 Å². The lowest BCUT2D eigenvalue weighted by Gasteiger charge is -2.11. The summed E-state index contributed by atoms with van der Waals surface area (Å²) in [6.45, 7) is 5.26. The number of hydrogen-bond donors (Lipinski definition) is 1. The molecule has 0 aliphatic heterocycles. The van der Waals surface area contributed by atoms with Gasteiger partial charge in [0.2, 0.25) is 5.91 Å². The Morgan fingerprint density at radius 3 is 2.72 bits per heavy atom. The standard InChI is InChI=1S/C28H35ClN4O4S2/c1-4-33-23(12-9-15-37-21-14-13-19(29)16-18(21)2)31-32-28(33)38-17-24(34)30-26-25(27(35)36-3)20-10-7-5-6-8-11-22(20)39-26/h13-14,16H,4-12,15,17H2,1-3H3,(H,30,34). The van der Waals surface area contributed by atoms with Gasteiger partial charge in [-0.05, 0) is 75.3 Å². The Bertz CT molecular complexity index is 1310. The Balaban J connectivity index is 1.34. The van der Waals surface area contributed by atoms with Crippen LogP contribution in [0.2, 0.25) is 5.02 Å². The van der Waals surface area contributed by atoms with Crippen molar-refractivity contribution < 1.29 is 19.1 Å². The number of nitrogens with zero attached hydrogens (tertiary/aromatic N) is 3. The summed E-state index contributed by atoms with van der Waals surface area (Å²) in [5.74, 6) is 1.29. The van der Waals surface area contributed by atoms with E-state index in [-0.39, 0.29) is 17.6 Å². The van der Waals surface area contributed by atoms with E-state index in [1.54, 1.807) is 0 Å². The van der Waals surface area contributed by atoms with E-state index in [0.29, 0.717) is 40.3 Å². The van der Waals surface area contributed by atoms with Crippen LogP contribution in [0.3, 0.4) is 0 Å². The fourth-order valence-electron chi connectivity index (χ4n) is 4.73. The quantitative estimate of drug-likeness (QED) is 0.154. The van der Waals surface area contributed by atoms with Gasteiger partial charge in [0, 0.05) is 22.9 Å². The first-order chi connectivity index (χ1) is 18.9. The maximum absolute atomic E-state index is 12.9. The number of aryl methyl sites for hydroxylation is 3. The maximum Gasteiger partial charge on any atom is 0.341 e. The molecule has 210 valence electrons. The molecule has 2 aromatic heterocycles. The summed E-state index contributed by atoms with van der Waals surface area (Å²) in [5.41, 5.74) is 2.57. The SMILES string of the molecule is CCn1c(CCCOc2ccc(Cl)cc2C)nnc1SCC(=O)Nc1sc2c(c1C(=O)OC)CCCCCC2. The normalized spacial score (nSPS) is 13.3. The molecule has 11 heteroatoms. The molecule has 0 radical (unpaired) electrons. The lowest BCUT2D eigenvalue weighted by Crippen LogP contribution is -2.17. The van der Waals surface area contributed by atoms with Crippen LogP contribution in [0.15, 0.2) is 23.4 Å². The second kappa shape index (κ2) is 14.2. The van der Waals surface area contributed by atoms with Crippen LogP contribution < -0.4 is 10.1 Å². The highest BCUT2D eigenvalue weighted by Crippen LogP contribution is 2.37. The first-order valence-electron chi connectivity index (χ1n) is 13.4. The van der Waals surface area contributed by atoms with Gasteiger partial charge in [0.1, 0.15) is 16.6 Å². The van der Waals surface area contributed by atoms with Crippen LogP contribution >= 0.6 is 34.7 Å². The van der Waals surface area contributed by atoms with Crippen LogP contribution in [-0.2, 0) is 35.3 Å². The van der Waals surface area contributed by atoms with Crippen molar-refractivity contribution in [2.45, 2.75) is 76.9 Å². The van der Waals surface area contributed by atoms with Gasteiger partial charge in [-0.2, -0.15) is 0 Å². The number of nitrogens with one attached hydrogen (secondary N) is 1. The van der Waals surface area contributed by atoms with Crippen LogP contribution in [0, 0.1) is 6.92 Å². The van der Waals surface area contributed by atoms with Gasteiger partial charge in [0.25, 0.3) is 0 Å². The monoisotopic (exact) mass is 590 g/mol. The zero-order valence-corrected chi connectivity index (χ0v) is 25.1. The highest BCUT2D eigenvalue weighted by Gasteiger charge is 2.26. The maximum atomic E-state index is 12.9. The lowest BCUT2D eigenvalue weighted by atomic mass is 9.96. The summed E-state index contributed by atoms with van der Waals surface area (Å²) in [4.78, 5) is 26.7. The second-order valence-corrected chi connectivity index (χ2v) is 11.9. The largest absolute Gasteiger partial charge is 0.493 e. The van der Waals surface area contributed by atoms with E-state index in [9.17, 15) is 9.59 Å². The van der Waals surface area contributed by atoms with E-state index in [0.717, 1.165) is 61.2 Å². The van der Waals surface area contributed by atoms with Crippen LogP contribution in [-0.4, -0.2) is 46.1 Å². The van der Waals surface area contributed by atoms with Crippen molar-refractivity contribution in [2.75, 3.05) is 24.8 Å². The number of ether oxygens (including phenoxy) is 2. The zero-order chi connectivity index (χ0) is 27.8. The summed E-state index contributed by atoms with van der Waals surface area (Å²) in [6, 6.07) is 5.59. The van der Waals surface area contributed by atoms with Crippen molar-refractivity contribution in [3.8, 4) is 5.75 Å². The van der Waals surface area contributed by atoms with Crippen molar-refractivity contribution in [1.82, 2.24) is 14.8 Å². The minimum atomic E-state index is -0.387. The predicted octanol–water partition coefficient (Wildman–Crippen LogP) is 6.51. The zero-order valence-electron chi connectivity index (χ0n) is 22.7. The molecule has 0 saturated carbocycles. The third-order valence-corrected chi connectivity index (χ3v) is 9.10. The molecule has 2 heterocycles. The number of methoxy groups -OCH3 is 1. The molecule has 1 aromatic carbocycles. The summed E-state index contributed by atoms with van der Waals surface area (Å²) in [5, 5.41) is 13.7. The van der Waals surface area contributed by atoms with E-state index >= 15 is 0 Å². The highest BCUT2D eigenvalue weighted by atomic mass is 35.5. The molecule has 1 N–H and O–H groups in total. The molecular formula is C28H35ClN4O4S2. The van der Waals surface area contributed by atoms with Crippen molar-refractivity contribution in [1.29, 1.82) is 0 Å². The minimum absolute atomic E-state index is 0.167. The average molecular weight is 591 g/mol. The summed E-state index contributed by atoms with van der Waals surface area (Å²) < 4.78 is 13.0. The molecular weight excluding hydrogens is 556 g/mol. The van der Waals surface area contributed by atoms with Crippen LogP contribution in [0.4, 0.5) is 5.00 Å². The van der Waals surface area contributed by atoms with E-state index < -0.39 is 0 Å². The van der Waals surface area contributed by atoms with E-state index in [1.807, 2.05) is 36.6 Å². The predicted molar refractivity (Wildman–Crippen MR) is 157 cm³/mol. The summed E-state index contributed by atoms with van der Waals surface area (Å²) in [7, 11) is 1.39.